The minimum Gasteiger partial charge on any atom is -0.368 e. The maximum atomic E-state index is 12.4. The van der Waals surface area contributed by atoms with Gasteiger partial charge in [0.1, 0.15) is 6.10 Å². The molecule has 1 aliphatic rings. The molecule has 8 nitrogen and oxygen atoms in total. The Balaban J connectivity index is 1.85. The number of aromatic nitrogens is 2. The maximum absolute atomic E-state index is 12.4. The molecule has 0 aliphatic carbocycles. The normalized spacial score (nSPS) is 17.0. The molecule has 1 saturated heterocycles. The highest BCUT2D eigenvalue weighted by Crippen LogP contribution is 2.13. The molecule has 8 heteroatoms. The van der Waals surface area contributed by atoms with Crippen molar-refractivity contribution in [3.05, 3.63) is 40.3 Å². The highest BCUT2D eigenvalue weighted by atomic mass is 16.5. The van der Waals surface area contributed by atoms with E-state index in [-0.39, 0.29) is 11.3 Å². The van der Waals surface area contributed by atoms with Gasteiger partial charge in [-0.3, -0.25) is 25.2 Å². The van der Waals surface area contributed by atoms with Crippen molar-refractivity contribution in [2.75, 3.05) is 6.61 Å². The summed E-state index contributed by atoms with van der Waals surface area (Å²) in [5, 5.41) is 4.95. The molecule has 24 heavy (non-hydrogen) atoms. The second-order valence-electron chi connectivity index (χ2n) is 5.46. The van der Waals surface area contributed by atoms with Crippen molar-refractivity contribution in [1.29, 1.82) is 0 Å². The first kappa shape index (κ1) is 16.1. The highest BCUT2D eigenvalue weighted by Gasteiger charge is 2.24. The molecule has 0 unspecified atom stereocenters. The zero-order chi connectivity index (χ0) is 17.1. The van der Waals surface area contributed by atoms with Gasteiger partial charge in [0.15, 0.2) is 5.69 Å². The van der Waals surface area contributed by atoms with E-state index in [1.54, 1.807) is 31.2 Å². The molecule has 0 spiro atoms. The molecular formula is C16H18N4O4. The van der Waals surface area contributed by atoms with Crippen LogP contribution in [0.15, 0.2) is 29.1 Å². The van der Waals surface area contributed by atoms with E-state index in [1.807, 2.05) is 0 Å². The quantitative estimate of drug-likeness (QED) is 0.791. The lowest BCUT2D eigenvalue weighted by Gasteiger charge is -2.13. The van der Waals surface area contributed by atoms with E-state index in [0.717, 1.165) is 6.42 Å². The van der Waals surface area contributed by atoms with Crippen LogP contribution in [-0.2, 0) is 16.1 Å². The number of carbonyl (C=O) groups is 2. The Morgan fingerprint density at radius 1 is 1.29 bits per heavy atom. The smallest absolute Gasteiger partial charge is 0.290 e. The number of ether oxygens (including phenoxy) is 1. The third-order valence-electron chi connectivity index (χ3n) is 3.90. The zero-order valence-corrected chi connectivity index (χ0v) is 13.2. The van der Waals surface area contributed by atoms with Gasteiger partial charge in [0.2, 0.25) is 0 Å². The maximum Gasteiger partial charge on any atom is 0.290 e. The summed E-state index contributed by atoms with van der Waals surface area (Å²) in [5.74, 6) is -0.978. The Labute approximate surface area is 137 Å². The number of nitrogens with one attached hydrogen (secondary N) is 2. The van der Waals surface area contributed by atoms with Crippen LogP contribution in [-0.4, -0.2) is 34.3 Å². The van der Waals surface area contributed by atoms with Crippen LogP contribution in [0, 0.1) is 0 Å². The zero-order valence-electron chi connectivity index (χ0n) is 13.2. The molecule has 3 rings (SSSR count). The van der Waals surface area contributed by atoms with Gasteiger partial charge in [0.25, 0.3) is 17.4 Å². The van der Waals surface area contributed by atoms with E-state index in [0.29, 0.717) is 30.3 Å². The van der Waals surface area contributed by atoms with Gasteiger partial charge in [0, 0.05) is 18.5 Å². The van der Waals surface area contributed by atoms with Gasteiger partial charge in [-0.2, -0.15) is 5.10 Å². The summed E-state index contributed by atoms with van der Waals surface area (Å²) in [4.78, 5) is 36.6. The number of amides is 2. The van der Waals surface area contributed by atoms with Crippen molar-refractivity contribution in [1.82, 2.24) is 20.6 Å². The van der Waals surface area contributed by atoms with Crippen LogP contribution in [0.5, 0.6) is 0 Å². The number of rotatable bonds is 3. The summed E-state index contributed by atoms with van der Waals surface area (Å²) in [6, 6.07) is 6.75. The Kier molecular flexibility index (Phi) is 4.57. The topological polar surface area (TPSA) is 102 Å². The first-order chi connectivity index (χ1) is 11.6. The standard InChI is InChI=1S/C16H18N4O4/c1-2-20-16(23)11-7-4-3-6-10(11)13(19-20)15(22)18-17-14(21)12-8-5-9-24-12/h3-4,6-7,12H,2,5,8-9H2,1H3,(H,17,21)(H,18,22)/t12-/m0/s1. The predicted octanol–water partition coefficient (Wildman–Crippen LogP) is 0.356. The van der Waals surface area contributed by atoms with Crippen molar-refractivity contribution in [2.45, 2.75) is 32.4 Å². The predicted molar refractivity (Wildman–Crippen MR) is 86.3 cm³/mol. The summed E-state index contributed by atoms with van der Waals surface area (Å²) in [6.07, 6.45) is 0.906. The summed E-state index contributed by atoms with van der Waals surface area (Å²) in [7, 11) is 0. The molecule has 2 N–H and O–H groups in total. The molecule has 1 aromatic carbocycles. The molecule has 0 saturated carbocycles. The van der Waals surface area contributed by atoms with Crippen LogP contribution < -0.4 is 16.4 Å². The highest BCUT2D eigenvalue weighted by molar-refractivity contribution is 6.05. The fourth-order valence-electron chi connectivity index (χ4n) is 2.66. The third-order valence-corrected chi connectivity index (χ3v) is 3.90. The lowest BCUT2D eigenvalue weighted by atomic mass is 10.1. The Hall–Kier alpha value is -2.74. The Morgan fingerprint density at radius 3 is 2.71 bits per heavy atom. The van der Waals surface area contributed by atoms with Gasteiger partial charge < -0.3 is 4.74 Å². The van der Waals surface area contributed by atoms with Crippen LogP contribution in [0.3, 0.4) is 0 Å². The summed E-state index contributed by atoms with van der Waals surface area (Å²) < 4.78 is 6.47. The average molecular weight is 330 g/mol. The lowest BCUT2D eigenvalue weighted by molar-refractivity contribution is -0.130. The molecule has 1 aromatic heterocycles. The van der Waals surface area contributed by atoms with Gasteiger partial charge in [0.05, 0.1) is 5.39 Å². The fraction of sp³-hybridized carbons (Fsp3) is 0.375. The Morgan fingerprint density at radius 2 is 2.04 bits per heavy atom. The Bertz CT molecular complexity index is 840. The van der Waals surface area contributed by atoms with E-state index in [4.69, 9.17) is 4.74 Å². The van der Waals surface area contributed by atoms with Gasteiger partial charge in [-0.1, -0.05) is 18.2 Å². The number of nitrogens with zero attached hydrogens (tertiary/aromatic N) is 2. The molecule has 0 bridgehead atoms. The van der Waals surface area contributed by atoms with Crippen molar-refractivity contribution >= 4 is 22.6 Å². The molecule has 0 radical (unpaired) electrons. The summed E-state index contributed by atoms with van der Waals surface area (Å²) in [5.41, 5.74) is 4.52. The van der Waals surface area contributed by atoms with Gasteiger partial charge >= 0.3 is 0 Å². The van der Waals surface area contributed by atoms with Crippen molar-refractivity contribution in [2.24, 2.45) is 0 Å². The van der Waals surface area contributed by atoms with E-state index < -0.39 is 17.9 Å². The van der Waals surface area contributed by atoms with Crippen LogP contribution in [0.2, 0.25) is 0 Å². The summed E-state index contributed by atoms with van der Waals surface area (Å²) >= 11 is 0. The van der Waals surface area contributed by atoms with Gasteiger partial charge in [-0.25, -0.2) is 4.68 Å². The monoisotopic (exact) mass is 330 g/mol. The minimum absolute atomic E-state index is 0.0830. The second kappa shape index (κ2) is 6.79. The third kappa shape index (κ3) is 3.00. The molecule has 1 atom stereocenters. The minimum atomic E-state index is -0.584. The number of aryl methyl sites for hydroxylation is 1. The van der Waals surface area contributed by atoms with Gasteiger partial charge in [-0.05, 0) is 25.8 Å². The van der Waals surface area contributed by atoms with Crippen LogP contribution in [0.4, 0.5) is 0 Å². The molecule has 1 fully saturated rings. The van der Waals surface area contributed by atoms with Crippen molar-refractivity contribution in [3.63, 3.8) is 0 Å². The number of fused-ring (bicyclic) bond motifs is 1. The molecule has 2 heterocycles. The molecule has 2 aromatic rings. The van der Waals surface area contributed by atoms with Crippen LogP contribution in [0.25, 0.3) is 10.8 Å². The molecule has 1 aliphatic heterocycles. The lowest BCUT2D eigenvalue weighted by Crippen LogP contribution is -2.46. The SMILES string of the molecule is CCn1nc(C(=O)NNC(=O)[C@@H]2CCCO2)c2ccccc2c1=O. The first-order valence-corrected chi connectivity index (χ1v) is 7.83. The van der Waals surface area contributed by atoms with Crippen LogP contribution in [0.1, 0.15) is 30.3 Å². The van der Waals surface area contributed by atoms with E-state index in [9.17, 15) is 14.4 Å². The molecule has 2 amide bonds. The molecule has 126 valence electrons. The number of benzene rings is 1. The number of hydrazine groups is 1. The number of hydrogen-bond donors (Lipinski definition) is 2. The fourth-order valence-corrected chi connectivity index (χ4v) is 2.66. The largest absolute Gasteiger partial charge is 0.368 e. The van der Waals surface area contributed by atoms with Crippen molar-refractivity contribution in [3.8, 4) is 0 Å². The van der Waals surface area contributed by atoms with Crippen molar-refractivity contribution < 1.29 is 14.3 Å². The second-order valence-corrected chi connectivity index (χ2v) is 5.46. The average Bonchev–Trinajstić information content (AvgIpc) is 3.15. The molecular weight excluding hydrogens is 312 g/mol. The number of carbonyl (C=O) groups excluding carboxylic acids is 2. The van der Waals surface area contributed by atoms with E-state index in [1.165, 1.54) is 4.68 Å². The van der Waals surface area contributed by atoms with Crippen LogP contribution >= 0.6 is 0 Å². The summed E-state index contributed by atoms with van der Waals surface area (Å²) in [6.45, 7) is 2.65. The van der Waals surface area contributed by atoms with E-state index >= 15 is 0 Å². The van der Waals surface area contributed by atoms with E-state index in [2.05, 4.69) is 16.0 Å². The number of hydrogen-bond acceptors (Lipinski definition) is 5. The van der Waals surface area contributed by atoms with Gasteiger partial charge in [-0.15, -0.1) is 0 Å². The first-order valence-electron chi connectivity index (χ1n) is 7.83.